The lowest BCUT2D eigenvalue weighted by Gasteiger charge is -2.39. The first-order chi connectivity index (χ1) is 7.26. The van der Waals surface area contributed by atoms with E-state index in [1.165, 1.54) is 19.3 Å². The van der Waals surface area contributed by atoms with E-state index in [0.717, 1.165) is 25.9 Å². The number of unbranched alkanes of at least 4 members (excludes halogenated alkanes) is 2. The molecule has 0 saturated carbocycles. The molecule has 0 aliphatic carbocycles. The van der Waals surface area contributed by atoms with Crippen LogP contribution in [0.15, 0.2) is 0 Å². The Bertz CT molecular complexity index is 172. The Morgan fingerprint density at radius 2 is 2.13 bits per heavy atom. The van der Waals surface area contributed by atoms with Gasteiger partial charge in [0, 0.05) is 27.1 Å². The smallest absolute Gasteiger partial charge is 0.159 e. The van der Waals surface area contributed by atoms with Gasteiger partial charge in [-0.2, -0.15) is 0 Å². The zero-order chi connectivity index (χ0) is 11.1. The van der Waals surface area contributed by atoms with Gasteiger partial charge in [0.2, 0.25) is 0 Å². The Labute approximate surface area is 93.1 Å². The molecule has 15 heavy (non-hydrogen) atoms. The Morgan fingerprint density at radius 1 is 1.33 bits per heavy atom. The molecule has 1 fully saturated rings. The predicted octanol–water partition coefficient (Wildman–Crippen LogP) is 2.73. The molecule has 1 aliphatic rings. The minimum absolute atomic E-state index is 0.00586. The largest absolute Gasteiger partial charge is 0.378 e. The Kier molecular flexibility index (Phi) is 5.58. The summed E-state index contributed by atoms with van der Waals surface area (Å²) in [4.78, 5) is 0. The zero-order valence-electron chi connectivity index (χ0n) is 10.3. The Hall–Kier alpha value is -0.120. The van der Waals surface area contributed by atoms with Crippen LogP contribution in [0.2, 0.25) is 0 Å². The van der Waals surface area contributed by atoms with Gasteiger partial charge in [-0.1, -0.05) is 26.2 Å². The molecule has 2 atom stereocenters. The van der Waals surface area contributed by atoms with E-state index < -0.39 is 0 Å². The molecule has 0 aromatic carbocycles. The summed E-state index contributed by atoms with van der Waals surface area (Å²) in [5.41, 5.74) is -0.00586. The maximum atomic E-state index is 5.70. The molecular formula is C12H24O3. The van der Waals surface area contributed by atoms with Gasteiger partial charge in [0.1, 0.15) is 0 Å². The molecule has 0 radical (unpaired) electrons. The predicted molar refractivity (Wildman–Crippen MR) is 59.9 cm³/mol. The third-order valence-corrected chi connectivity index (χ3v) is 3.33. The Balaban J connectivity index is 2.43. The molecule has 1 rings (SSSR count). The minimum atomic E-state index is -0.0830. The number of hydrogen-bond acceptors (Lipinski definition) is 3. The molecule has 1 saturated heterocycles. The first-order valence-corrected chi connectivity index (χ1v) is 5.96. The quantitative estimate of drug-likeness (QED) is 0.639. The average molecular weight is 216 g/mol. The molecule has 2 unspecified atom stereocenters. The summed E-state index contributed by atoms with van der Waals surface area (Å²) in [5, 5.41) is 0. The third-order valence-electron chi connectivity index (χ3n) is 3.33. The monoisotopic (exact) mass is 216 g/mol. The minimum Gasteiger partial charge on any atom is -0.378 e. The number of rotatable bonds is 6. The maximum absolute atomic E-state index is 5.70. The van der Waals surface area contributed by atoms with Crippen molar-refractivity contribution in [3.63, 3.8) is 0 Å². The van der Waals surface area contributed by atoms with Crippen molar-refractivity contribution in [2.75, 3.05) is 20.8 Å². The summed E-state index contributed by atoms with van der Waals surface area (Å²) < 4.78 is 16.4. The van der Waals surface area contributed by atoms with Crippen molar-refractivity contribution in [3.8, 4) is 0 Å². The van der Waals surface area contributed by atoms with Crippen molar-refractivity contribution in [1.29, 1.82) is 0 Å². The van der Waals surface area contributed by atoms with Crippen LogP contribution in [0.25, 0.3) is 0 Å². The highest BCUT2D eigenvalue weighted by atomic mass is 16.7. The number of hydrogen-bond donors (Lipinski definition) is 0. The van der Waals surface area contributed by atoms with E-state index in [2.05, 4.69) is 6.92 Å². The zero-order valence-corrected chi connectivity index (χ0v) is 10.3. The van der Waals surface area contributed by atoms with Crippen LogP contribution in [-0.4, -0.2) is 32.7 Å². The Morgan fingerprint density at radius 3 is 2.73 bits per heavy atom. The van der Waals surface area contributed by atoms with Crippen molar-refractivity contribution >= 4 is 0 Å². The van der Waals surface area contributed by atoms with E-state index in [-0.39, 0.29) is 11.9 Å². The normalized spacial score (nSPS) is 31.8. The van der Waals surface area contributed by atoms with Gasteiger partial charge in [-0.25, -0.2) is 0 Å². The summed E-state index contributed by atoms with van der Waals surface area (Å²) in [6.07, 6.45) is 6.67. The number of ether oxygens (including phenoxy) is 3. The van der Waals surface area contributed by atoms with Crippen molar-refractivity contribution in [2.45, 2.75) is 57.3 Å². The fraction of sp³-hybridized carbons (Fsp3) is 1.00. The molecule has 0 spiro atoms. The maximum Gasteiger partial charge on any atom is 0.159 e. The fourth-order valence-corrected chi connectivity index (χ4v) is 2.20. The molecule has 0 aromatic rings. The van der Waals surface area contributed by atoms with Crippen molar-refractivity contribution in [3.05, 3.63) is 0 Å². The molecule has 0 bridgehead atoms. The summed E-state index contributed by atoms with van der Waals surface area (Å²) in [6, 6.07) is 0. The van der Waals surface area contributed by atoms with Gasteiger partial charge in [-0.05, 0) is 6.42 Å². The molecule has 0 amide bonds. The third kappa shape index (κ3) is 3.74. The van der Waals surface area contributed by atoms with Gasteiger partial charge >= 0.3 is 0 Å². The van der Waals surface area contributed by atoms with E-state index in [1.54, 1.807) is 7.11 Å². The van der Waals surface area contributed by atoms with Gasteiger partial charge in [-0.15, -0.1) is 0 Å². The molecule has 0 aromatic heterocycles. The first kappa shape index (κ1) is 12.9. The van der Waals surface area contributed by atoms with Gasteiger partial charge in [0.25, 0.3) is 0 Å². The lowest BCUT2D eigenvalue weighted by atomic mass is 9.87. The van der Waals surface area contributed by atoms with E-state index in [9.17, 15) is 0 Å². The molecular weight excluding hydrogens is 192 g/mol. The van der Waals surface area contributed by atoms with Crippen LogP contribution in [0.4, 0.5) is 0 Å². The summed E-state index contributed by atoms with van der Waals surface area (Å²) in [7, 11) is 3.51. The lowest BCUT2D eigenvalue weighted by molar-refractivity contribution is -0.208. The topological polar surface area (TPSA) is 27.7 Å². The van der Waals surface area contributed by atoms with Crippen LogP contribution in [0.3, 0.4) is 0 Å². The highest BCUT2D eigenvalue weighted by molar-refractivity contribution is 4.84. The SMILES string of the molecule is CCCCCC1(OC)CCOC(OC)C1. The number of methoxy groups -OCH3 is 2. The molecule has 0 N–H and O–H groups in total. The lowest BCUT2D eigenvalue weighted by Crippen LogP contribution is -2.43. The molecule has 3 heteroatoms. The highest BCUT2D eigenvalue weighted by Gasteiger charge is 2.36. The van der Waals surface area contributed by atoms with Gasteiger partial charge in [0.05, 0.1) is 12.2 Å². The van der Waals surface area contributed by atoms with Gasteiger partial charge < -0.3 is 14.2 Å². The van der Waals surface area contributed by atoms with Crippen LogP contribution >= 0.6 is 0 Å². The van der Waals surface area contributed by atoms with Crippen molar-refractivity contribution in [2.24, 2.45) is 0 Å². The summed E-state index contributed by atoms with van der Waals surface area (Å²) in [5.74, 6) is 0. The summed E-state index contributed by atoms with van der Waals surface area (Å²) in [6.45, 7) is 2.97. The van der Waals surface area contributed by atoms with Gasteiger partial charge in [-0.3, -0.25) is 0 Å². The van der Waals surface area contributed by atoms with Crippen LogP contribution in [0, 0.1) is 0 Å². The average Bonchev–Trinajstić information content (AvgIpc) is 2.30. The van der Waals surface area contributed by atoms with Gasteiger partial charge in [0.15, 0.2) is 6.29 Å². The second-order valence-corrected chi connectivity index (χ2v) is 4.33. The highest BCUT2D eigenvalue weighted by Crippen LogP contribution is 2.33. The molecule has 1 aliphatic heterocycles. The first-order valence-electron chi connectivity index (χ1n) is 5.96. The van der Waals surface area contributed by atoms with E-state index >= 15 is 0 Å². The molecule has 3 nitrogen and oxygen atoms in total. The second-order valence-electron chi connectivity index (χ2n) is 4.33. The molecule has 90 valence electrons. The van der Waals surface area contributed by atoms with Crippen LogP contribution < -0.4 is 0 Å². The van der Waals surface area contributed by atoms with Crippen molar-refractivity contribution < 1.29 is 14.2 Å². The molecule has 1 heterocycles. The van der Waals surface area contributed by atoms with Crippen LogP contribution in [-0.2, 0) is 14.2 Å². The second kappa shape index (κ2) is 6.46. The van der Waals surface area contributed by atoms with Crippen LogP contribution in [0.1, 0.15) is 45.4 Å². The van der Waals surface area contributed by atoms with E-state index in [1.807, 2.05) is 7.11 Å². The fourth-order valence-electron chi connectivity index (χ4n) is 2.20. The standard InChI is InChI=1S/C12H24O3/c1-4-5-6-7-12(14-3)8-9-15-11(10-12)13-2/h11H,4-10H2,1-3H3. The summed E-state index contributed by atoms with van der Waals surface area (Å²) >= 11 is 0. The van der Waals surface area contributed by atoms with E-state index in [4.69, 9.17) is 14.2 Å². The van der Waals surface area contributed by atoms with E-state index in [0.29, 0.717) is 0 Å². The van der Waals surface area contributed by atoms with Crippen LogP contribution in [0.5, 0.6) is 0 Å². The van der Waals surface area contributed by atoms with Crippen molar-refractivity contribution in [1.82, 2.24) is 0 Å².